The molecule has 4 aromatic rings. The SMILES string of the molecule is CC(C)(C)c1cc(C(C)(C)C)c(-p2c[p+](-c3c(C(C)(C)C)cc(C(C)(C)C)cc3C(C)(C)C)c(-c3ccccc3)n2)c(C(C)(C)C)c1. The summed E-state index contributed by atoms with van der Waals surface area (Å²) < 4.78 is 5.90. The molecule has 254 valence electrons. The van der Waals surface area contributed by atoms with Crippen LogP contribution in [-0.4, -0.2) is 4.75 Å². The van der Waals surface area contributed by atoms with Gasteiger partial charge in [-0.3, -0.25) is 0 Å². The Bertz CT molecular complexity index is 1670. The summed E-state index contributed by atoms with van der Waals surface area (Å²) in [4.78, 5) is 0. The van der Waals surface area contributed by atoms with E-state index in [4.69, 9.17) is 4.75 Å². The van der Waals surface area contributed by atoms with Crippen LogP contribution in [0.3, 0.4) is 0 Å². The number of benzene rings is 3. The van der Waals surface area contributed by atoms with E-state index < -0.39 is 15.2 Å². The van der Waals surface area contributed by atoms with Crippen molar-refractivity contribution in [3.05, 3.63) is 93.5 Å². The molecule has 2 unspecified atom stereocenters. The van der Waals surface area contributed by atoms with Crippen LogP contribution >= 0.6 is 15.2 Å². The zero-order valence-corrected chi connectivity index (χ0v) is 34.9. The number of rotatable bonds is 3. The van der Waals surface area contributed by atoms with Gasteiger partial charge in [-0.15, -0.1) is 4.75 Å². The molecule has 0 N–H and O–H groups in total. The number of aromatic nitrogens is 1. The van der Waals surface area contributed by atoms with Crippen molar-refractivity contribution in [3.8, 4) is 21.6 Å². The molecule has 0 saturated carbocycles. The highest BCUT2D eigenvalue weighted by Crippen LogP contribution is 2.63. The normalized spacial score (nSPS) is 14.5. The largest absolute Gasteiger partial charge is 0.198 e. The van der Waals surface area contributed by atoms with Crippen LogP contribution in [0.25, 0.3) is 21.6 Å². The first kappa shape index (κ1) is 37.6. The maximum atomic E-state index is 5.90. The highest BCUT2D eigenvalue weighted by molar-refractivity contribution is 7.71. The molecule has 1 aromatic heterocycles. The van der Waals surface area contributed by atoms with Crippen LogP contribution in [0, 0.1) is 0 Å². The van der Waals surface area contributed by atoms with E-state index in [1.54, 1.807) is 0 Å². The summed E-state index contributed by atoms with van der Waals surface area (Å²) in [6, 6.07) is 21.2. The Balaban J connectivity index is 2.28. The minimum absolute atomic E-state index is 0.0119. The van der Waals surface area contributed by atoms with E-state index in [9.17, 15) is 0 Å². The van der Waals surface area contributed by atoms with Gasteiger partial charge in [0.1, 0.15) is 5.30 Å². The molecule has 0 fully saturated rings. The molecule has 0 bridgehead atoms. The lowest BCUT2D eigenvalue weighted by Gasteiger charge is -2.32. The molecule has 1 heterocycles. The Labute approximate surface area is 291 Å². The summed E-state index contributed by atoms with van der Waals surface area (Å²) in [6.45, 7) is 42.9. The predicted molar refractivity (Wildman–Crippen MR) is 214 cm³/mol. The minimum Gasteiger partial charge on any atom is -0.116 e. The van der Waals surface area contributed by atoms with Crippen molar-refractivity contribution >= 4 is 15.2 Å². The lowest BCUT2D eigenvalue weighted by atomic mass is 9.75. The molecule has 2 atom stereocenters. The molecule has 0 amide bonds. The third-order valence-corrected chi connectivity index (χ3v) is 14.4. The molecular weight excluding hydrogens is 604 g/mol. The van der Waals surface area contributed by atoms with Crippen molar-refractivity contribution < 1.29 is 0 Å². The third kappa shape index (κ3) is 8.00. The second kappa shape index (κ2) is 12.3. The van der Waals surface area contributed by atoms with E-state index in [0.29, 0.717) is 0 Å². The lowest BCUT2D eigenvalue weighted by molar-refractivity contribution is 0.551. The van der Waals surface area contributed by atoms with Gasteiger partial charge in [0.25, 0.3) is 0 Å². The molecule has 0 aliphatic heterocycles. The van der Waals surface area contributed by atoms with Gasteiger partial charge in [0.05, 0.1) is 12.8 Å². The monoisotopic (exact) mass is 668 g/mol. The first-order valence-electron chi connectivity index (χ1n) is 17.6. The van der Waals surface area contributed by atoms with Gasteiger partial charge in [-0.05, 0) is 65.9 Å². The first-order chi connectivity index (χ1) is 21.1. The standard InChI is InChI=1S/C44H64NP2/c1-39(2,3)30-24-32(41(7,8)9)36(33(25-30)42(10,11)12)46-28-47(45-38(46)29-22-20-19-21-23-29)37-34(43(13,14)15)26-31(40(4,5)6)27-35(37)44(16,17)18/h19-28H,1-18H3/q+1. The van der Waals surface area contributed by atoms with Crippen molar-refractivity contribution in [3.63, 3.8) is 0 Å². The number of hydrogen-bond acceptors (Lipinski definition) is 1. The quantitative estimate of drug-likeness (QED) is 0.212. The molecular formula is C44H64NP2+. The van der Waals surface area contributed by atoms with E-state index >= 15 is 0 Å². The van der Waals surface area contributed by atoms with Crippen LogP contribution in [-0.2, 0) is 32.5 Å². The van der Waals surface area contributed by atoms with Crippen molar-refractivity contribution in [1.29, 1.82) is 0 Å². The predicted octanol–water partition coefficient (Wildman–Crippen LogP) is 14.8. The van der Waals surface area contributed by atoms with Crippen LogP contribution in [0.5, 0.6) is 0 Å². The third-order valence-electron chi connectivity index (χ3n) is 9.34. The van der Waals surface area contributed by atoms with Gasteiger partial charge in [0.15, 0.2) is 18.6 Å². The van der Waals surface area contributed by atoms with Crippen molar-refractivity contribution in [2.75, 3.05) is 0 Å². The van der Waals surface area contributed by atoms with Crippen molar-refractivity contribution in [1.82, 2.24) is 4.75 Å². The van der Waals surface area contributed by atoms with E-state index in [1.165, 1.54) is 55.0 Å². The zero-order chi connectivity index (χ0) is 35.7. The molecule has 0 aliphatic rings. The fourth-order valence-corrected chi connectivity index (χ4v) is 13.1. The lowest BCUT2D eigenvalue weighted by Crippen LogP contribution is -2.22. The Morgan fingerprint density at radius 3 is 1.17 bits per heavy atom. The van der Waals surface area contributed by atoms with Crippen LogP contribution in [0.2, 0.25) is 0 Å². The minimum atomic E-state index is -0.919. The van der Waals surface area contributed by atoms with Gasteiger partial charge in [-0.25, -0.2) is 0 Å². The van der Waals surface area contributed by atoms with Gasteiger partial charge >= 0.3 is 0 Å². The average Bonchev–Trinajstić information content (AvgIpc) is 3.34. The van der Waals surface area contributed by atoms with Gasteiger partial charge in [-0.2, -0.15) is 0 Å². The molecule has 0 aliphatic carbocycles. The second-order valence-corrected chi connectivity index (χ2v) is 23.8. The molecule has 1 nitrogen and oxygen atoms in total. The fraction of sp³-hybridized carbons (Fsp3) is 0.545. The van der Waals surface area contributed by atoms with E-state index in [-0.39, 0.29) is 32.5 Å². The maximum Gasteiger partial charge on any atom is 0.198 e. The average molecular weight is 669 g/mol. The van der Waals surface area contributed by atoms with Crippen LogP contribution in [0.1, 0.15) is 158 Å². The molecule has 4 rings (SSSR count). The molecule has 0 spiro atoms. The van der Waals surface area contributed by atoms with E-state index in [0.717, 1.165) is 0 Å². The summed E-state index contributed by atoms with van der Waals surface area (Å²) >= 11 is 0. The number of nitrogens with zero attached hydrogens (tertiary/aromatic N) is 1. The fourth-order valence-electron chi connectivity index (χ4n) is 6.32. The first-order valence-corrected chi connectivity index (χ1v) is 20.4. The summed E-state index contributed by atoms with van der Waals surface area (Å²) in [5, 5.41) is 3.01. The van der Waals surface area contributed by atoms with Crippen molar-refractivity contribution in [2.24, 2.45) is 0 Å². The summed E-state index contributed by atoms with van der Waals surface area (Å²) in [5.41, 5.74) is 14.1. The molecule has 47 heavy (non-hydrogen) atoms. The molecule has 3 heteroatoms. The Hall–Kier alpha value is -2.20. The maximum absolute atomic E-state index is 5.90. The summed E-state index contributed by atoms with van der Waals surface area (Å²) in [5.74, 6) is 0. The van der Waals surface area contributed by atoms with Crippen LogP contribution < -0.4 is 0 Å². The van der Waals surface area contributed by atoms with Crippen molar-refractivity contribution in [2.45, 2.75) is 157 Å². The second-order valence-electron chi connectivity index (χ2n) is 20.0. The Morgan fingerprint density at radius 1 is 0.468 bits per heavy atom. The van der Waals surface area contributed by atoms with Gasteiger partial charge in [0, 0.05) is 5.56 Å². The summed E-state index contributed by atoms with van der Waals surface area (Å²) in [7, 11) is -1.75. The molecule has 0 saturated heterocycles. The Morgan fingerprint density at radius 2 is 0.830 bits per heavy atom. The van der Waals surface area contributed by atoms with Gasteiger partial charge < -0.3 is 0 Å². The van der Waals surface area contributed by atoms with Gasteiger partial charge in [0.2, 0.25) is 0 Å². The zero-order valence-electron chi connectivity index (χ0n) is 33.1. The van der Waals surface area contributed by atoms with Crippen LogP contribution in [0.15, 0.2) is 60.1 Å². The number of hydrogen-bond donors (Lipinski definition) is 0. The van der Waals surface area contributed by atoms with E-state index in [2.05, 4.69) is 185 Å². The highest BCUT2D eigenvalue weighted by atomic mass is 31.1. The Kier molecular flexibility index (Phi) is 9.84. The highest BCUT2D eigenvalue weighted by Gasteiger charge is 2.39. The molecule has 3 aromatic carbocycles. The topological polar surface area (TPSA) is 12.9 Å². The van der Waals surface area contributed by atoms with Crippen LogP contribution in [0.4, 0.5) is 0 Å². The van der Waals surface area contributed by atoms with E-state index in [1.807, 2.05) is 0 Å². The smallest absolute Gasteiger partial charge is 0.116 e. The molecule has 0 radical (unpaired) electrons. The van der Waals surface area contributed by atoms with Gasteiger partial charge in [-0.1, -0.05) is 179 Å². The summed E-state index contributed by atoms with van der Waals surface area (Å²) in [6.07, 6.45) is 0.